The minimum Gasteiger partial charge on any atom is -0.481 e. The van der Waals surface area contributed by atoms with E-state index >= 15 is 0 Å². The monoisotopic (exact) mass is 693 g/mol. The second kappa shape index (κ2) is 13.7. The molecule has 0 saturated carbocycles. The van der Waals surface area contributed by atoms with E-state index in [9.17, 15) is 25.1 Å². The molecular weight excluding hydrogens is 658 g/mol. The predicted molar refractivity (Wildman–Crippen MR) is 188 cm³/mol. The molecule has 0 aliphatic carbocycles. The van der Waals surface area contributed by atoms with Gasteiger partial charge in [-0.15, -0.1) is 0 Å². The first-order valence-electron chi connectivity index (χ1n) is 16.5. The summed E-state index contributed by atoms with van der Waals surface area (Å²) >= 11 is 6.97. The van der Waals surface area contributed by atoms with E-state index < -0.39 is 5.97 Å². The highest BCUT2D eigenvalue weighted by atomic mass is 35.5. The van der Waals surface area contributed by atoms with Crippen molar-refractivity contribution in [2.24, 2.45) is 13.0 Å². The summed E-state index contributed by atoms with van der Waals surface area (Å²) < 4.78 is 8.03. The zero-order valence-corrected chi connectivity index (χ0v) is 28.5. The number of aliphatic hydroxyl groups excluding tert-OH is 1. The van der Waals surface area contributed by atoms with E-state index in [1.165, 1.54) is 0 Å². The number of hydrogen-bond donors (Lipinski definition) is 3. The van der Waals surface area contributed by atoms with E-state index in [0.29, 0.717) is 83.8 Å². The number of aliphatic carboxylic acids is 1. The van der Waals surface area contributed by atoms with Gasteiger partial charge in [-0.2, -0.15) is 5.26 Å². The number of oxazole rings is 1. The Morgan fingerprint density at radius 3 is 2.64 bits per heavy atom. The lowest BCUT2D eigenvalue weighted by Crippen LogP contribution is -2.33. The van der Waals surface area contributed by atoms with Gasteiger partial charge in [0.2, 0.25) is 5.89 Å². The number of β-amino-alcohol motifs (C(OH)–C–C–N with tert-alkyl or cyclic N) is 1. The molecule has 2 aliphatic rings. The number of aromatic nitrogens is 3. The largest absolute Gasteiger partial charge is 0.481 e. The van der Waals surface area contributed by atoms with Gasteiger partial charge in [0.15, 0.2) is 11.4 Å². The molecule has 0 radical (unpaired) electrons. The van der Waals surface area contributed by atoms with Crippen LogP contribution in [-0.2, 0) is 31.4 Å². The molecule has 3 aromatic carbocycles. The molecule has 1 atom stereocenters. The Morgan fingerprint density at radius 2 is 1.88 bits per heavy atom. The number of halogens is 1. The van der Waals surface area contributed by atoms with Crippen LogP contribution in [0, 0.1) is 24.2 Å². The number of benzene rings is 3. The number of likely N-dealkylation sites (tertiary alicyclic amines) is 1. The van der Waals surface area contributed by atoms with Gasteiger partial charge in [0.05, 0.1) is 34.5 Å². The first-order chi connectivity index (χ1) is 24.1. The lowest BCUT2D eigenvalue weighted by Gasteiger charge is -2.25. The van der Waals surface area contributed by atoms with Gasteiger partial charge in [-0.25, -0.2) is 9.97 Å². The first kappa shape index (κ1) is 33.4. The van der Waals surface area contributed by atoms with E-state index in [-0.39, 0.29) is 18.4 Å². The maximum Gasteiger partial charge on any atom is 0.307 e. The Kier molecular flexibility index (Phi) is 9.15. The average Bonchev–Trinajstić information content (AvgIpc) is 3.83. The molecule has 50 heavy (non-hydrogen) atoms. The molecule has 2 aromatic heterocycles. The molecule has 4 heterocycles. The summed E-state index contributed by atoms with van der Waals surface area (Å²) in [6.07, 6.45) is 1.34. The highest BCUT2D eigenvalue weighted by molar-refractivity contribution is 6.36. The van der Waals surface area contributed by atoms with Crippen LogP contribution in [0.15, 0.2) is 52.9 Å². The van der Waals surface area contributed by atoms with Gasteiger partial charge in [-0.1, -0.05) is 35.9 Å². The Labute approximate surface area is 293 Å². The van der Waals surface area contributed by atoms with Crippen molar-refractivity contribution in [1.82, 2.24) is 24.3 Å². The van der Waals surface area contributed by atoms with Crippen molar-refractivity contribution in [2.45, 2.75) is 32.9 Å². The Hall–Kier alpha value is -5.06. The zero-order chi connectivity index (χ0) is 35.1. The zero-order valence-electron chi connectivity index (χ0n) is 27.7. The highest BCUT2D eigenvalue weighted by Crippen LogP contribution is 2.39. The third-order valence-electron chi connectivity index (χ3n) is 9.75. The fourth-order valence-corrected chi connectivity index (χ4v) is 7.38. The van der Waals surface area contributed by atoms with Gasteiger partial charge in [-0.05, 0) is 60.8 Å². The van der Waals surface area contributed by atoms with Gasteiger partial charge in [0, 0.05) is 63.0 Å². The van der Waals surface area contributed by atoms with Crippen LogP contribution in [-0.4, -0.2) is 79.2 Å². The number of amides is 1. The van der Waals surface area contributed by atoms with Crippen molar-refractivity contribution in [1.29, 1.82) is 5.26 Å². The van der Waals surface area contributed by atoms with Crippen LogP contribution < -0.4 is 5.32 Å². The van der Waals surface area contributed by atoms with Crippen LogP contribution in [0.1, 0.15) is 45.1 Å². The second-order valence-corrected chi connectivity index (χ2v) is 13.3. The number of nitrogens with one attached hydrogen (secondary N) is 1. The number of hydrogen-bond acceptors (Lipinski definition) is 9. The molecular formula is C37H36ClN7O5. The Morgan fingerprint density at radius 1 is 1.10 bits per heavy atom. The highest BCUT2D eigenvalue weighted by Gasteiger charge is 2.29. The first-order valence-corrected chi connectivity index (χ1v) is 16.9. The number of nitriles is 1. The van der Waals surface area contributed by atoms with E-state index in [1.54, 1.807) is 12.1 Å². The number of rotatable bonds is 9. The summed E-state index contributed by atoms with van der Waals surface area (Å²) in [5.41, 5.74) is 7.57. The minimum absolute atomic E-state index is 0.0720. The summed E-state index contributed by atoms with van der Waals surface area (Å²) in [5.74, 6) is -0.888. The number of carboxylic acid groups (broad SMARTS) is 1. The van der Waals surface area contributed by atoms with Gasteiger partial charge >= 0.3 is 5.97 Å². The van der Waals surface area contributed by atoms with E-state index in [4.69, 9.17) is 21.0 Å². The van der Waals surface area contributed by atoms with Crippen molar-refractivity contribution in [2.75, 3.05) is 38.1 Å². The molecule has 12 nitrogen and oxygen atoms in total. The van der Waals surface area contributed by atoms with Crippen LogP contribution >= 0.6 is 11.6 Å². The summed E-state index contributed by atoms with van der Waals surface area (Å²) in [7, 11) is 1.84. The number of anilines is 1. The average molecular weight is 694 g/mol. The maximum atomic E-state index is 13.5. The summed E-state index contributed by atoms with van der Waals surface area (Å²) in [6.45, 7) is 5.61. The molecule has 3 N–H and O–H groups in total. The number of fused-ring (bicyclic) bond motifs is 2. The van der Waals surface area contributed by atoms with Crippen molar-refractivity contribution in [3.63, 3.8) is 0 Å². The summed E-state index contributed by atoms with van der Waals surface area (Å²) in [4.78, 5) is 38.5. The number of carboxylic acids is 1. The fourth-order valence-electron chi connectivity index (χ4n) is 7.11. The van der Waals surface area contributed by atoms with Crippen LogP contribution in [0.25, 0.3) is 33.7 Å². The van der Waals surface area contributed by atoms with E-state index in [1.807, 2.05) is 54.9 Å². The third kappa shape index (κ3) is 6.25. The molecule has 7 rings (SSSR count). The molecule has 1 saturated heterocycles. The summed E-state index contributed by atoms with van der Waals surface area (Å²) in [6, 6.07) is 17.1. The van der Waals surface area contributed by atoms with Gasteiger partial charge in [-0.3, -0.25) is 19.4 Å². The normalized spacial score (nSPS) is 16.4. The summed E-state index contributed by atoms with van der Waals surface area (Å²) in [5, 5.41) is 32.0. The van der Waals surface area contributed by atoms with Gasteiger partial charge in [0.1, 0.15) is 11.6 Å². The smallest absolute Gasteiger partial charge is 0.307 e. The quantitative estimate of drug-likeness (QED) is 0.186. The topological polar surface area (TPSA) is 161 Å². The molecule has 0 bridgehead atoms. The second-order valence-electron chi connectivity index (χ2n) is 12.9. The van der Waals surface area contributed by atoms with E-state index in [2.05, 4.69) is 26.2 Å². The molecule has 256 valence electrons. The van der Waals surface area contributed by atoms with Crippen LogP contribution in [0.4, 0.5) is 5.69 Å². The molecule has 5 aromatic rings. The standard InChI is InChI=1S/C37H36ClN7O5/c1-21-25(27-7-4-8-28(32(27)38)41-35(47)34-40-30-20-44(13-14-46)12-10-31(30)43(34)2)5-3-6-26(21)36-42-29-16-22(15-24(17-39)33(29)50-36)18-45-11-9-23(19-45)37(48)49/h3-8,15-16,23,46H,9-14,18-20H2,1-2H3,(H,41,47)(H,48,49). The molecule has 1 amide bonds. The van der Waals surface area contributed by atoms with Gasteiger partial charge < -0.3 is 24.5 Å². The lowest BCUT2D eigenvalue weighted by molar-refractivity contribution is -0.141. The fraction of sp³-hybridized carbons (Fsp3) is 0.324. The van der Waals surface area contributed by atoms with Crippen molar-refractivity contribution < 1.29 is 24.2 Å². The van der Waals surface area contributed by atoms with Crippen LogP contribution in [0.3, 0.4) is 0 Å². The minimum atomic E-state index is -0.785. The number of nitrogens with zero attached hydrogens (tertiary/aromatic N) is 6. The lowest BCUT2D eigenvalue weighted by atomic mass is 9.96. The van der Waals surface area contributed by atoms with Crippen molar-refractivity contribution >= 4 is 40.3 Å². The predicted octanol–water partition coefficient (Wildman–Crippen LogP) is 5.24. The van der Waals surface area contributed by atoms with Crippen LogP contribution in [0.5, 0.6) is 0 Å². The number of carbonyl (C=O) groups excluding carboxylic acids is 1. The van der Waals surface area contributed by atoms with Crippen molar-refractivity contribution in [3.05, 3.63) is 87.5 Å². The molecule has 13 heteroatoms. The number of carbonyl (C=O) groups is 2. The Bertz CT molecular complexity index is 2180. The molecule has 2 aliphatic heterocycles. The molecule has 0 spiro atoms. The molecule has 1 fully saturated rings. The van der Waals surface area contributed by atoms with E-state index in [0.717, 1.165) is 46.6 Å². The van der Waals surface area contributed by atoms with Crippen LogP contribution in [0.2, 0.25) is 5.02 Å². The maximum absolute atomic E-state index is 13.5. The number of imidazole rings is 1. The Balaban J connectivity index is 1.15. The van der Waals surface area contributed by atoms with Crippen molar-refractivity contribution in [3.8, 4) is 28.7 Å². The number of aliphatic hydroxyl groups is 1. The molecule has 1 unspecified atom stereocenters. The SMILES string of the molecule is Cc1c(-c2nc3cc(CN4CCC(C(=O)O)C4)cc(C#N)c3o2)cccc1-c1cccc(NC(=O)c2nc3c(n2C)CCN(CCO)C3)c1Cl. The third-order valence-corrected chi connectivity index (χ3v) is 10.2. The van der Waals surface area contributed by atoms with Gasteiger partial charge in [0.25, 0.3) is 5.91 Å².